The summed E-state index contributed by atoms with van der Waals surface area (Å²) in [6.07, 6.45) is 11.4. The van der Waals surface area contributed by atoms with Crippen LogP contribution in [0, 0.1) is 0 Å². The van der Waals surface area contributed by atoms with Gasteiger partial charge in [-0.15, -0.1) is 4.98 Å². The molecule has 0 radical (unpaired) electrons. The zero-order valence-electron chi connectivity index (χ0n) is 18.8. The fourth-order valence-corrected chi connectivity index (χ4v) is 3.96. The Morgan fingerprint density at radius 2 is 1.20 bits per heavy atom. The van der Waals surface area contributed by atoms with Crippen LogP contribution in [0.5, 0.6) is 0 Å². The van der Waals surface area contributed by atoms with Crippen molar-refractivity contribution in [2.75, 3.05) is 0 Å². The molecule has 6 rings (SSSR count). The third-order valence-electron chi connectivity index (χ3n) is 5.73. The first-order valence-corrected chi connectivity index (χ1v) is 11.3. The van der Waals surface area contributed by atoms with Crippen LogP contribution in [0.4, 0.5) is 0 Å². The third-order valence-corrected chi connectivity index (χ3v) is 5.73. The van der Waals surface area contributed by atoms with Gasteiger partial charge in [-0.3, -0.25) is 9.97 Å². The Bertz CT molecular complexity index is 1500. The van der Waals surface area contributed by atoms with Crippen molar-refractivity contribution in [3.05, 3.63) is 128 Å². The molecule has 35 heavy (non-hydrogen) atoms. The SMILES string of the molecule is c1ccc(-c2cc(-c3ccc(-n4cc[n+](-c5ccccn5)c4)cc3)cc(-c3ccccn3)n2)nc1. The topological polar surface area (TPSA) is 60.4 Å². The van der Waals surface area contributed by atoms with Crippen LogP contribution in [0.1, 0.15) is 0 Å². The van der Waals surface area contributed by atoms with Crippen LogP contribution < -0.4 is 4.57 Å². The summed E-state index contributed by atoms with van der Waals surface area (Å²) >= 11 is 0. The average Bonchev–Trinajstić information content (AvgIpc) is 3.45. The molecule has 0 aliphatic carbocycles. The van der Waals surface area contributed by atoms with Crippen LogP contribution in [0.3, 0.4) is 0 Å². The van der Waals surface area contributed by atoms with E-state index in [0.29, 0.717) is 0 Å². The van der Waals surface area contributed by atoms with E-state index < -0.39 is 0 Å². The predicted octanol–water partition coefficient (Wildman–Crippen LogP) is 5.34. The van der Waals surface area contributed by atoms with Crippen LogP contribution >= 0.6 is 0 Å². The molecule has 6 heteroatoms. The lowest BCUT2D eigenvalue weighted by atomic mass is 10.0. The van der Waals surface area contributed by atoms with E-state index in [1.165, 1.54) is 0 Å². The molecule has 0 atom stereocenters. The normalized spacial score (nSPS) is 10.9. The van der Waals surface area contributed by atoms with E-state index in [1.807, 2.05) is 77.9 Å². The van der Waals surface area contributed by atoms with Gasteiger partial charge >= 0.3 is 0 Å². The second kappa shape index (κ2) is 9.11. The lowest BCUT2D eigenvalue weighted by Gasteiger charge is -2.10. The van der Waals surface area contributed by atoms with Gasteiger partial charge in [0.1, 0.15) is 18.1 Å². The summed E-state index contributed by atoms with van der Waals surface area (Å²) < 4.78 is 4.07. The van der Waals surface area contributed by atoms with Crippen molar-refractivity contribution in [3.63, 3.8) is 0 Å². The fourth-order valence-electron chi connectivity index (χ4n) is 3.96. The highest BCUT2D eigenvalue weighted by atomic mass is 15.1. The Hall–Kier alpha value is -4.97. The minimum atomic E-state index is 0.814. The van der Waals surface area contributed by atoms with Gasteiger partial charge < -0.3 is 0 Å². The van der Waals surface area contributed by atoms with Gasteiger partial charge in [-0.2, -0.15) is 0 Å². The van der Waals surface area contributed by atoms with Crippen molar-refractivity contribution < 1.29 is 4.57 Å². The highest BCUT2D eigenvalue weighted by molar-refractivity contribution is 5.75. The summed E-state index contributed by atoms with van der Waals surface area (Å²) in [5, 5.41) is 0. The Kier molecular flexibility index (Phi) is 5.37. The molecule has 166 valence electrons. The number of hydrogen-bond donors (Lipinski definition) is 0. The lowest BCUT2D eigenvalue weighted by molar-refractivity contribution is -0.598. The third kappa shape index (κ3) is 4.32. The van der Waals surface area contributed by atoms with E-state index >= 15 is 0 Å². The van der Waals surface area contributed by atoms with Gasteiger partial charge in [0.05, 0.1) is 29.0 Å². The first-order chi connectivity index (χ1) is 17.3. The van der Waals surface area contributed by atoms with Crippen LogP contribution in [-0.2, 0) is 0 Å². The molecule has 5 aromatic heterocycles. The molecule has 6 aromatic rings. The minimum absolute atomic E-state index is 0.814. The lowest BCUT2D eigenvalue weighted by Crippen LogP contribution is -2.28. The smallest absolute Gasteiger partial charge is 0.255 e. The molecule has 5 heterocycles. The van der Waals surface area contributed by atoms with Crippen LogP contribution in [0.15, 0.2) is 128 Å². The van der Waals surface area contributed by atoms with Crippen molar-refractivity contribution in [1.82, 2.24) is 24.5 Å². The summed E-state index contributed by atoms with van der Waals surface area (Å²) in [7, 11) is 0. The monoisotopic (exact) mass is 453 g/mol. The van der Waals surface area contributed by atoms with Gasteiger partial charge in [-0.05, 0) is 65.7 Å². The number of benzene rings is 1. The number of nitrogens with zero attached hydrogens (tertiary/aromatic N) is 6. The molecule has 0 fully saturated rings. The van der Waals surface area contributed by atoms with Gasteiger partial charge in [-0.25, -0.2) is 14.1 Å². The standard InChI is InChI=1S/C29H21N6/c1-4-14-30-25(7-1)27-19-23(20-28(33-27)26-8-2-5-15-31-26)22-10-12-24(13-11-22)34-17-18-35(21-34)29-9-3-6-16-32-29/h1-21H/q+1. The van der Waals surface area contributed by atoms with Crippen molar-refractivity contribution in [3.8, 4) is 45.4 Å². The second-order valence-corrected chi connectivity index (χ2v) is 8.02. The summed E-state index contributed by atoms with van der Waals surface area (Å²) in [6.45, 7) is 0. The first kappa shape index (κ1) is 20.6. The van der Waals surface area contributed by atoms with Crippen molar-refractivity contribution >= 4 is 0 Å². The molecule has 1 aromatic carbocycles. The number of pyridine rings is 4. The molecule has 0 unspecified atom stereocenters. The van der Waals surface area contributed by atoms with Crippen LogP contribution in [-0.4, -0.2) is 24.5 Å². The summed E-state index contributed by atoms with van der Waals surface area (Å²) in [6, 6.07) is 30.2. The predicted molar refractivity (Wildman–Crippen MR) is 135 cm³/mol. The summed E-state index contributed by atoms with van der Waals surface area (Å²) in [4.78, 5) is 18.3. The van der Waals surface area contributed by atoms with Gasteiger partial charge in [0.2, 0.25) is 0 Å². The van der Waals surface area contributed by atoms with E-state index in [0.717, 1.165) is 45.4 Å². The second-order valence-electron chi connectivity index (χ2n) is 8.02. The van der Waals surface area contributed by atoms with Gasteiger partial charge in [0, 0.05) is 18.5 Å². The van der Waals surface area contributed by atoms with Gasteiger partial charge in [0.15, 0.2) is 6.33 Å². The van der Waals surface area contributed by atoms with Crippen molar-refractivity contribution in [2.24, 2.45) is 0 Å². The van der Waals surface area contributed by atoms with Crippen LogP contribution in [0.2, 0.25) is 0 Å². The molecule has 0 aliphatic rings. The number of aromatic nitrogens is 6. The summed E-state index contributed by atoms with van der Waals surface area (Å²) in [5.74, 6) is 0.878. The first-order valence-electron chi connectivity index (χ1n) is 11.3. The number of rotatable bonds is 5. The van der Waals surface area contributed by atoms with Gasteiger partial charge in [-0.1, -0.05) is 30.3 Å². The van der Waals surface area contributed by atoms with E-state index in [2.05, 4.69) is 55.9 Å². The average molecular weight is 454 g/mol. The molecule has 6 nitrogen and oxygen atoms in total. The molecule has 0 bridgehead atoms. The molecule has 0 amide bonds. The van der Waals surface area contributed by atoms with Crippen molar-refractivity contribution in [2.45, 2.75) is 0 Å². The zero-order valence-corrected chi connectivity index (χ0v) is 18.8. The Labute approximate surface area is 202 Å². The molecule has 0 aliphatic heterocycles. The van der Waals surface area contributed by atoms with E-state index in [9.17, 15) is 0 Å². The Morgan fingerprint density at radius 3 is 1.77 bits per heavy atom. The maximum Gasteiger partial charge on any atom is 0.266 e. The largest absolute Gasteiger partial charge is 0.266 e. The quantitative estimate of drug-likeness (QED) is 0.331. The molecule has 0 spiro atoms. The van der Waals surface area contributed by atoms with E-state index in [4.69, 9.17) is 4.98 Å². The van der Waals surface area contributed by atoms with Crippen LogP contribution in [0.25, 0.3) is 45.4 Å². The van der Waals surface area contributed by atoms with E-state index in [1.54, 1.807) is 18.6 Å². The van der Waals surface area contributed by atoms with E-state index in [-0.39, 0.29) is 0 Å². The highest BCUT2D eigenvalue weighted by Crippen LogP contribution is 2.29. The number of hydrogen-bond acceptors (Lipinski definition) is 4. The molecular weight excluding hydrogens is 432 g/mol. The van der Waals surface area contributed by atoms with Gasteiger partial charge in [0.25, 0.3) is 5.82 Å². The fraction of sp³-hybridized carbons (Fsp3) is 0. The zero-order chi connectivity index (χ0) is 23.5. The number of imidazole rings is 1. The molecular formula is C29H21N6+. The molecule has 0 saturated heterocycles. The minimum Gasteiger partial charge on any atom is -0.255 e. The molecule has 0 N–H and O–H groups in total. The molecule has 0 saturated carbocycles. The maximum atomic E-state index is 4.86. The van der Waals surface area contributed by atoms with Crippen molar-refractivity contribution in [1.29, 1.82) is 0 Å². The Morgan fingerprint density at radius 1 is 0.571 bits per heavy atom. The summed E-state index contributed by atoms with van der Waals surface area (Å²) in [5.41, 5.74) is 6.50. The maximum absolute atomic E-state index is 4.86. The highest BCUT2D eigenvalue weighted by Gasteiger charge is 2.12. The Balaban J connectivity index is 1.37.